The summed E-state index contributed by atoms with van der Waals surface area (Å²) in [5.41, 5.74) is 1.42. The van der Waals surface area contributed by atoms with Crippen LogP contribution in [0.1, 0.15) is 12.8 Å². The molecule has 2 spiro atoms. The molecule has 0 aromatic rings. The Balaban J connectivity index is 1.26. The van der Waals surface area contributed by atoms with Crippen LogP contribution in [0.2, 0.25) is 0 Å². The third kappa shape index (κ3) is 1.63. The molecule has 3 atom stereocenters. The highest BCUT2D eigenvalue weighted by atomic mass is 16.5. The number of hydrogen-bond donors (Lipinski definition) is 2. The molecule has 0 aromatic heterocycles. The van der Waals surface area contributed by atoms with Crippen molar-refractivity contribution in [3.63, 3.8) is 0 Å². The van der Waals surface area contributed by atoms with Crippen LogP contribution in [-0.4, -0.2) is 67.9 Å². The zero-order valence-electron chi connectivity index (χ0n) is 12.8. The molecule has 5 rings (SSSR count). The van der Waals surface area contributed by atoms with Gasteiger partial charge in [-0.15, -0.1) is 0 Å². The summed E-state index contributed by atoms with van der Waals surface area (Å²) in [6, 6.07) is 0.623. The van der Waals surface area contributed by atoms with E-state index in [4.69, 9.17) is 9.47 Å². The fourth-order valence-electron chi connectivity index (χ4n) is 4.54. The van der Waals surface area contributed by atoms with Crippen LogP contribution in [0.4, 0.5) is 0 Å². The zero-order valence-corrected chi connectivity index (χ0v) is 12.8. The molecule has 2 N–H and O–H groups in total. The van der Waals surface area contributed by atoms with Gasteiger partial charge in [0, 0.05) is 43.4 Å². The van der Waals surface area contributed by atoms with E-state index in [1.54, 1.807) is 7.11 Å². The number of fused-ring (bicyclic) bond motifs is 1. The normalized spacial score (nSPS) is 41.5. The molecule has 3 fully saturated rings. The highest BCUT2D eigenvalue weighted by Crippen LogP contribution is 2.67. The van der Waals surface area contributed by atoms with Gasteiger partial charge in [-0.05, 0) is 12.8 Å². The molecule has 0 bridgehead atoms. The maximum absolute atomic E-state index is 6.27. The Morgan fingerprint density at radius 2 is 2.50 bits per heavy atom. The Bertz CT molecular complexity index is 615. The number of piperidine rings is 1. The summed E-state index contributed by atoms with van der Waals surface area (Å²) in [7, 11) is 1.69. The number of hydrogen-bond acceptors (Lipinski definition) is 7. The van der Waals surface area contributed by atoms with Crippen LogP contribution >= 0.6 is 0 Å². The zero-order chi connectivity index (χ0) is 14.8. The summed E-state index contributed by atoms with van der Waals surface area (Å²) in [6.45, 7) is 4.14. The third-order valence-corrected chi connectivity index (χ3v) is 5.78. The van der Waals surface area contributed by atoms with Gasteiger partial charge in [0.1, 0.15) is 18.1 Å². The Labute approximate surface area is 129 Å². The average Bonchev–Trinajstić information content (AvgIpc) is 3.14. The van der Waals surface area contributed by atoms with Gasteiger partial charge in [0.2, 0.25) is 0 Å². The lowest BCUT2D eigenvalue weighted by Crippen LogP contribution is -2.50. The van der Waals surface area contributed by atoms with Crippen LogP contribution in [0.25, 0.3) is 0 Å². The number of nitrogens with one attached hydrogen (secondary N) is 2. The van der Waals surface area contributed by atoms with Gasteiger partial charge < -0.3 is 14.8 Å². The monoisotopic (exact) mass is 303 g/mol. The molecule has 0 aromatic carbocycles. The first kappa shape index (κ1) is 12.9. The van der Waals surface area contributed by atoms with Gasteiger partial charge >= 0.3 is 0 Å². The van der Waals surface area contributed by atoms with Crippen molar-refractivity contribution in [2.24, 2.45) is 15.9 Å². The van der Waals surface area contributed by atoms with E-state index < -0.39 is 0 Å². The first-order valence-corrected chi connectivity index (χ1v) is 7.98. The number of nitrogens with zero attached hydrogens (tertiary/aromatic N) is 3. The van der Waals surface area contributed by atoms with Crippen LogP contribution in [0, 0.1) is 5.92 Å². The smallest absolute Gasteiger partial charge is 0.291 e. The van der Waals surface area contributed by atoms with E-state index >= 15 is 0 Å². The topological polar surface area (TPSA) is 70.5 Å². The number of methoxy groups -OCH3 is 1. The Morgan fingerprint density at radius 3 is 3.18 bits per heavy atom. The Hall–Kier alpha value is -1.60. The first-order chi connectivity index (χ1) is 10.7. The van der Waals surface area contributed by atoms with Gasteiger partial charge in [-0.25, -0.2) is 9.98 Å². The minimum atomic E-state index is -0.0780. The first-order valence-electron chi connectivity index (χ1n) is 7.98. The van der Waals surface area contributed by atoms with Crippen molar-refractivity contribution in [1.82, 2.24) is 15.5 Å². The van der Waals surface area contributed by atoms with E-state index in [2.05, 4.69) is 25.5 Å². The van der Waals surface area contributed by atoms with Gasteiger partial charge in [0.25, 0.3) is 6.02 Å². The molecule has 7 nitrogen and oxygen atoms in total. The van der Waals surface area contributed by atoms with Gasteiger partial charge in [0.15, 0.2) is 0 Å². The van der Waals surface area contributed by atoms with Crippen LogP contribution in [0.5, 0.6) is 0 Å². The largest absolute Gasteiger partial charge is 0.455 e. The van der Waals surface area contributed by atoms with E-state index in [0.717, 1.165) is 24.6 Å². The number of rotatable bonds is 2. The van der Waals surface area contributed by atoms with E-state index in [-0.39, 0.29) is 5.60 Å². The molecule has 0 amide bonds. The van der Waals surface area contributed by atoms with Crippen molar-refractivity contribution in [3.05, 3.63) is 11.8 Å². The quantitative estimate of drug-likeness (QED) is 0.731. The summed E-state index contributed by atoms with van der Waals surface area (Å²) >= 11 is 0. The summed E-state index contributed by atoms with van der Waals surface area (Å²) in [5, 5.41) is 6.41. The molecule has 1 saturated carbocycles. The molecule has 2 saturated heterocycles. The van der Waals surface area contributed by atoms with Crippen molar-refractivity contribution in [2.75, 3.05) is 40.0 Å². The minimum Gasteiger partial charge on any atom is -0.455 e. The van der Waals surface area contributed by atoms with Crippen LogP contribution in [0.15, 0.2) is 21.8 Å². The molecule has 4 aliphatic heterocycles. The minimum absolute atomic E-state index is 0.0780. The summed E-state index contributed by atoms with van der Waals surface area (Å²) in [5.74, 6) is 1.46. The number of ether oxygens (including phenoxy) is 2. The van der Waals surface area contributed by atoms with Crippen LogP contribution < -0.4 is 10.6 Å². The van der Waals surface area contributed by atoms with Crippen molar-refractivity contribution < 1.29 is 9.47 Å². The fourth-order valence-corrected chi connectivity index (χ4v) is 4.54. The lowest BCUT2D eigenvalue weighted by Gasteiger charge is -2.39. The summed E-state index contributed by atoms with van der Waals surface area (Å²) in [4.78, 5) is 11.6. The Morgan fingerprint density at radius 1 is 1.55 bits per heavy atom. The second-order valence-electron chi connectivity index (χ2n) is 6.93. The SMILES string of the molecule is COCC1=CC(NC2=NC[C@@]3(CN4CCC45CC53)O2)=NCN1. The van der Waals surface area contributed by atoms with Gasteiger partial charge in [-0.2, -0.15) is 0 Å². The second-order valence-corrected chi connectivity index (χ2v) is 6.93. The van der Waals surface area contributed by atoms with Gasteiger partial charge in [-0.3, -0.25) is 10.2 Å². The molecule has 5 aliphatic rings. The summed E-state index contributed by atoms with van der Waals surface area (Å²) in [6.07, 6.45) is 4.58. The predicted molar refractivity (Wildman–Crippen MR) is 81.7 cm³/mol. The van der Waals surface area contributed by atoms with Crippen molar-refractivity contribution in [3.8, 4) is 0 Å². The lowest BCUT2D eigenvalue weighted by molar-refractivity contribution is 0.0416. The fraction of sp³-hybridized carbons (Fsp3) is 0.733. The molecule has 118 valence electrons. The van der Waals surface area contributed by atoms with E-state index in [1.165, 1.54) is 19.4 Å². The highest BCUT2D eigenvalue weighted by Gasteiger charge is 2.77. The highest BCUT2D eigenvalue weighted by molar-refractivity contribution is 6.04. The van der Waals surface area contributed by atoms with E-state index in [0.29, 0.717) is 30.8 Å². The molecule has 0 radical (unpaired) electrons. The third-order valence-electron chi connectivity index (χ3n) is 5.78. The van der Waals surface area contributed by atoms with Gasteiger partial charge in [0.05, 0.1) is 13.2 Å². The lowest BCUT2D eigenvalue weighted by atomic mass is 9.98. The van der Waals surface area contributed by atoms with Gasteiger partial charge in [-0.1, -0.05) is 0 Å². The van der Waals surface area contributed by atoms with E-state index in [9.17, 15) is 0 Å². The van der Waals surface area contributed by atoms with E-state index in [1.807, 2.05) is 6.08 Å². The average molecular weight is 303 g/mol. The molecular weight excluding hydrogens is 282 g/mol. The van der Waals surface area contributed by atoms with Crippen molar-refractivity contribution in [2.45, 2.75) is 24.0 Å². The van der Waals surface area contributed by atoms with Crippen molar-refractivity contribution in [1.29, 1.82) is 0 Å². The maximum Gasteiger partial charge on any atom is 0.291 e. The van der Waals surface area contributed by atoms with Crippen LogP contribution in [-0.2, 0) is 9.47 Å². The Kier molecular flexibility index (Phi) is 2.48. The second kappa shape index (κ2) is 4.23. The molecule has 22 heavy (non-hydrogen) atoms. The van der Waals surface area contributed by atoms with Crippen molar-refractivity contribution >= 4 is 11.9 Å². The summed E-state index contributed by atoms with van der Waals surface area (Å²) < 4.78 is 11.4. The standard InChI is InChI=1S/C15H21N5O2/c1-21-6-10-4-12(18-9-17-10)19-13-16-7-15(22-13)8-20-3-2-14(20)5-11(14)15/h4,11,17H,2-3,5-9H2,1H3,(H,16,18,19)/t11?,14?,15-/m0/s1. The molecule has 4 heterocycles. The molecule has 2 unspecified atom stereocenters. The van der Waals surface area contributed by atoms with Crippen LogP contribution in [0.3, 0.4) is 0 Å². The maximum atomic E-state index is 6.27. The molecule has 1 aliphatic carbocycles. The molecule has 7 heteroatoms. The predicted octanol–water partition coefficient (Wildman–Crippen LogP) is -0.331. The number of aliphatic imine (C=N–C) groups is 2. The molecular formula is C15H21N5O2. The number of amidine groups is 2.